The second kappa shape index (κ2) is 5.37. The largest absolute Gasteiger partial charge is 0.366 e. The van der Waals surface area contributed by atoms with Crippen LogP contribution in [0.15, 0.2) is 24.3 Å². The Kier molecular flexibility index (Phi) is 4.41. The lowest BCUT2D eigenvalue weighted by molar-refractivity contribution is -0.0300. The number of benzene rings is 1. The van der Waals surface area contributed by atoms with Crippen molar-refractivity contribution in [1.29, 1.82) is 0 Å². The molecular weight excluding hydrogens is 216 g/mol. The smallest absolute Gasteiger partial charge is 0.304 e. The van der Waals surface area contributed by atoms with E-state index in [-0.39, 0.29) is 5.92 Å². The van der Waals surface area contributed by atoms with Crippen LogP contribution in [-0.4, -0.2) is 20.2 Å². The zero-order valence-corrected chi connectivity index (χ0v) is 9.40. The third-order valence-corrected chi connectivity index (χ3v) is 2.57. The summed E-state index contributed by atoms with van der Waals surface area (Å²) in [7, 11) is 0. The SMILES string of the molecule is Cc1ccc(C(C)C(O)OS(=O)O)cc1. The minimum absolute atomic E-state index is 0.346. The Morgan fingerprint density at radius 2 is 1.87 bits per heavy atom. The fourth-order valence-electron chi connectivity index (χ4n) is 1.20. The minimum Gasteiger partial charge on any atom is -0.366 e. The second-order valence-corrected chi connectivity index (χ2v) is 4.03. The molecule has 1 aromatic rings. The molecule has 84 valence electrons. The van der Waals surface area contributed by atoms with Gasteiger partial charge in [-0.2, -0.15) is 4.21 Å². The molecule has 0 aliphatic carbocycles. The van der Waals surface area contributed by atoms with Crippen molar-refractivity contribution in [3.05, 3.63) is 35.4 Å². The van der Waals surface area contributed by atoms with E-state index >= 15 is 0 Å². The lowest BCUT2D eigenvalue weighted by Crippen LogP contribution is -2.20. The van der Waals surface area contributed by atoms with Gasteiger partial charge < -0.3 is 5.11 Å². The summed E-state index contributed by atoms with van der Waals surface area (Å²) >= 11 is -2.44. The van der Waals surface area contributed by atoms with E-state index in [9.17, 15) is 9.32 Å². The Hall–Kier alpha value is -0.750. The van der Waals surface area contributed by atoms with Crippen LogP contribution in [0.1, 0.15) is 24.0 Å². The molecule has 0 saturated heterocycles. The second-order valence-electron chi connectivity index (χ2n) is 3.40. The fourth-order valence-corrected chi connectivity index (χ4v) is 1.54. The molecule has 2 N–H and O–H groups in total. The van der Waals surface area contributed by atoms with Gasteiger partial charge in [0.2, 0.25) is 0 Å². The molecule has 15 heavy (non-hydrogen) atoms. The molecule has 1 rings (SSSR count). The van der Waals surface area contributed by atoms with Crippen molar-refractivity contribution in [1.82, 2.24) is 0 Å². The highest BCUT2D eigenvalue weighted by Crippen LogP contribution is 2.20. The van der Waals surface area contributed by atoms with E-state index in [4.69, 9.17) is 4.55 Å². The molecular formula is C10H14O4S. The van der Waals surface area contributed by atoms with E-state index in [1.807, 2.05) is 31.2 Å². The van der Waals surface area contributed by atoms with E-state index in [2.05, 4.69) is 4.18 Å². The molecule has 0 aliphatic heterocycles. The number of hydrogen-bond donors (Lipinski definition) is 2. The number of aliphatic hydroxyl groups excluding tert-OH is 1. The van der Waals surface area contributed by atoms with Crippen LogP contribution in [0.3, 0.4) is 0 Å². The summed E-state index contributed by atoms with van der Waals surface area (Å²) in [6, 6.07) is 7.53. The zero-order valence-electron chi connectivity index (χ0n) is 8.58. The Bertz CT molecular complexity index is 336. The van der Waals surface area contributed by atoms with Crippen molar-refractivity contribution in [2.75, 3.05) is 0 Å². The topological polar surface area (TPSA) is 66.8 Å². The quantitative estimate of drug-likeness (QED) is 0.608. The fraction of sp³-hybridized carbons (Fsp3) is 0.400. The van der Waals surface area contributed by atoms with Gasteiger partial charge in [0.25, 0.3) is 0 Å². The van der Waals surface area contributed by atoms with E-state index in [1.54, 1.807) is 6.92 Å². The van der Waals surface area contributed by atoms with E-state index in [0.29, 0.717) is 0 Å². The zero-order chi connectivity index (χ0) is 11.4. The Balaban J connectivity index is 2.71. The molecule has 0 fully saturated rings. The normalized spacial score (nSPS) is 17.1. The molecule has 3 atom stereocenters. The summed E-state index contributed by atoms with van der Waals surface area (Å²) < 4.78 is 23.2. The van der Waals surface area contributed by atoms with Crippen LogP contribution in [0.2, 0.25) is 0 Å². The molecule has 0 aliphatic rings. The first-order chi connectivity index (χ1) is 7.00. The molecule has 0 amide bonds. The van der Waals surface area contributed by atoms with Gasteiger partial charge in [-0.3, -0.25) is 4.55 Å². The van der Waals surface area contributed by atoms with Crippen molar-refractivity contribution < 1.29 is 18.1 Å². The average Bonchev–Trinajstić information content (AvgIpc) is 2.17. The lowest BCUT2D eigenvalue weighted by atomic mass is 10.00. The van der Waals surface area contributed by atoms with Crippen LogP contribution < -0.4 is 0 Å². The summed E-state index contributed by atoms with van der Waals surface area (Å²) in [5.74, 6) is -0.346. The van der Waals surface area contributed by atoms with Gasteiger partial charge in [0, 0.05) is 5.92 Å². The maximum atomic E-state index is 10.3. The molecule has 3 unspecified atom stereocenters. The van der Waals surface area contributed by atoms with Crippen molar-refractivity contribution in [3.63, 3.8) is 0 Å². The third kappa shape index (κ3) is 3.71. The van der Waals surface area contributed by atoms with Gasteiger partial charge in [-0.05, 0) is 12.5 Å². The van der Waals surface area contributed by atoms with Gasteiger partial charge in [0.1, 0.15) is 0 Å². The molecule has 0 spiro atoms. The highest BCUT2D eigenvalue weighted by molar-refractivity contribution is 7.74. The van der Waals surface area contributed by atoms with Crippen molar-refractivity contribution in [3.8, 4) is 0 Å². The molecule has 4 nitrogen and oxygen atoms in total. The molecule has 0 saturated carbocycles. The summed E-state index contributed by atoms with van der Waals surface area (Å²) in [5, 5.41) is 9.44. The van der Waals surface area contributed by atoms with E-state index in [0.717, 1.165) is 11.1 Å². The van der Waals surface area contributed by atoms with Crippen molar-refractivity contribution >= 4 is 11.4 Å². The van der Waals surface area contributed by atoms with Crippen LogP contribution in [0.4, 0.5) is 0 Å². The first-order valence-electron chi connectivity index (χ1n) is 4.53. The molecule has 5 heteroatoms. The highest BCUT2D eigenvalue weighted by atomic mass is 32.2. The predicted octanol–water partition coefficient (Wildman–Crippen LogP) is 1.57. The summed E-state index contributed by atoms with van der Waals surface area (Å²) in [6.45, 7) is 3.69. The molecule has 0 bridgehead atoms. The van der Waals surface area contributed by atoms with Crippen LogP contribution in [0.5, 0.6) is 0 Å². The predicted molar refractivity (Wildman–Crippen MR) is 57.5 cm³/mol. The first kappa shape index (κ1) is 12.3. The Morgan fingerprint density at radius 1 is 1.33 bits per heavy atom. The Morgan fingerprint density at radius 3 is 2.33 bits per heavy atom. The van der Waals surface area contributed by atoms with Crippen LogP contribution in [0.25, 0.3) is 0 Å². The number of aliphatic hydroxyl groups is 1. The monoisotopic (exact) mass is 230 g/mol. The maximum Gasteiger partial charge on any atom is 0.304 e. The summed E-state index contributed by atoms with van der Waals surface area (Å²) in [4.78, 5) is 0. The van der Waals surface area contributed by atoms with Crippen LogP contribution in [0, 0.1) is 6.92 Å². The van der Waals surface area contributed by atoms with Gasteiger partial charge >= 0.3 is 11.4 Å². The van der Waals surface area contributed by atoms with Gasteiger partial charge in [-0.1, -0.05) is 36.8 Å². The average molecular weight is 230 g/mol. The van der Waals surface area contributed by atoms with Crippen molar-refractivity contribution in [2.45, 2.75) is 26.1 Å². The lowest BCUT2D eigenvalue weighted by Gasteiger charge is -2.17. The first-order valence-corrected chi connectivity index (χ1v) is 5.56. The van der Waals surface area contributed by atoms with Gasteiger partial charge in [0.05, 0.1) is 0 Å². The molecule has 0 heterocycles. The summed E-state index contributed by atoms with van der Waals surface area (Å²) in [6.07, 6.45) is -1.28. The third-order valence-electron chi connectivity index (χ3n) is 2.21. The standard InChI is InChI=1S/C10H14O4S/c1-7-3-5-9(6-4-7)8(2)10(11)14-15(12)13/h3-6,8,10-11H,1-2H3,(H,12,13). The number of rotatable bonds is 4. The molecule has 1 aromatic carbocycles. The maximum absolute atomic E-state index is 10.3. The molecule has 0 radical (unpaired) electrons. The van der Waals surface area contributed by atoms with Gasteiger partial charge in [-0.15, -0.1) is 0 Å². The summed E-state index contributed by atoms with van der Waals surface area (Å²) in [5.41, 5.74) is 1.98. The van der Waals surface area contributed by atoms with Crippen molar-refractivity contribution in [2.24, 2.45) is 0 Å². The van der Waals surface area contributed by atoms with E-state index < -0.39 is 17.7 Å². The minimum atomic E-state index is -2.44. The Labute approximate surface area is 91.4 Å². The highest BCUT2D eigenvalue weighted by Gasteiger charge is 2.18. The number of aryl methyl sites for hydroxylation is 1. The molecule has 0 aromatic heterocycles. The number of hydrogen-bond acceptors (Lipinski definition) is 3. The van der Waals surface area contributed by atoms with Crippen LogP contribution in [-0.2, 0) is 15.5 Å². The van der Waals surface area contributed by atoms with Gasteiger partial charge in [-0.25, -0.2) is 4.18 Å². The van der Waals surface area contributed by atoms with E-state index in [1.165, 1.54) is 0 Å². The van der Waals surface area contributed by atoms with Crippen LogP contribution >= 0.6 is 0 Å². The van der Waals surface area contributed by atoms with Gasteiger partial charge in [0.15, 0.2) is 6.29 Å².